The molecule has 1 aliphatic rings. The molecule has 1 fully saturated rings. The SMILES string of the molecule is O=c1cc(OCc2ccc(F)cc2)ccn1-c1ccc(CCCOC2CCCCO2)cc1. The lowest BCUT2D eigenvalue weighted by molar-refractivity contribution is -0.162. The van der Waals surface area contributed by atoms with Gasteiger partial charge in [0.25, 0.3) is 5.56 Å². The van der Waals surface area contributed by atoms with Crippen LogP contribution < -0.4 is 10.3 Å². The van der Waals surface area contributed by atoms with E-state index < -0.39 is 0 Å². The molecule has 1 unspecified atom stereocenters. The van der Waals surface area contributed by atoms with Gasteiger partial charge in [-0.3, -0.25) is 9.36 Å². The minimum absolute atomic E-state index is 0.0411. The summed E-state index contributed by atoms with van der Waals surface area (Å²) in [4.78, 5) is 12.5. The third-order valence-electron chi connectivity index (χ3n) is 5.48. The predicted octanol–water partition coefficient (Wildman–Crippen LogP) is 5.03. The summed E-state index contributed by atoms with van der Waals surface area (Å²) in [6.45, 7) is 1.76. The maximum absolute atomic E-state index is 13.0. The Morgan fingerprint density at radius 1 is 1.00 bits per heavy atom. The number of aromatic nitrogens is 1. The summed E-state index contributed by atoms with van der Waals surface area (Å²) in [6.07, 6.45) is 6.79. The van der Waals surface area contributed by atoms with Crippen molar-refractivity contribution in [3.63, 3.8) is 0 Å². The Morgan fingerprint density at radius 3 is 2.50 bits per heavy atom. The molecule has 0 aliphatic carbocycles. The van der Waals surface area contributed by atoms with Crippen LogP contribution in [0, 0.1) is 5.82 Å². The van der Waals surface area contributed by atoms with Crippen LogP contribution >= 0.6 is 0 Å². The highest BCUT2D eigenvalue weighted by molar-refractivity contribution is 5.36. The van der Waals surface area contributed by atoms with Gasteiger partial charge in [0.1, 0.15) is 18.2 Å². The second-order valence-corrected chi connectivity index (χ2v) is 7.92. The summed E-state index contributed by atoms with van der Waals surface area (Å²) in [6, 6.07) is 17.3. The van der Waals surface area contributed by atoms with Crippen LogP contribution in [0.4, 0.5) is 4.39 Å². The van der Waals surface area contributed by atoms with Gasteiger partial charge in [0.05, 0.1) is 6.61 Å². The van der Waals surface area contributed by atoms with E-state index in [9.17, 15) is 9.18 Å². The van der Waals surface area contributed by atoms with Crippen LogP contribution in [-0.2, 0) is 22.5 Å². The monoisotopic (exact) mass is 437 g/mol. The van der Waals surface area contributed by atoms with E-state index in [0.717, 1.165) is 43.5 Å². The third-order valence-corrected chi connectivity index (χ3v) is 5.48. The van der Waals surface area contributed by atoms with Crippen LogP contribution in [0.5, 0.6) is 5.75 Å². The van der Waals surface area contributed by atoms with E-state index in [0.29, 0.717) is 12.4 Å². The zero-order valence-electron chi connectivity index (χ0n) is 18.0. The van der Waals surface area contributed by atoms with Crippen molar-refractivity contribution in [1.29, 1.82) is 0 Å². The number of nitrogens with zero attached hydrogens (tertiary/aromatic N) is 1. The summed E-state index contributed by atoms with van der Waals surface area (Å²) in [7, 11) is 0. The van der Waals surface area contributed by atoms with Crippen molar-refractivity contribution in [2.75, 3.05) is 13.2 Å². The number of rotatable bonds is 9. The minimum atomic E-state index is -0.287. The fraction of sp³-hybridized carbons (Fsp3) is 0.346. The molecule has 32 heavy (non-hydrogen) atoms. The molecule has 168 valence electrons. The molecule has 0 N–H and O–H groups in total. The lowest BCUT2D eigenvalue weighted by atomic mass is 10.1. The average Bonchev–Trinajstić information content (AvgIpc) is 2.83. The van der Waals surface area contributed by atoms with Gasteiger partial charge in [-0.05, 0) is 73.6 Å². The minimum Gasteiger partial charge on any atom is -0.489 e. The molecule has 4 rings (SSSR count). The number of benzene rings is 2. The van der Waals surface area contributed by atoms with E-state index in [1.165, 1.54) is 30.2 Å². The van der Waals surface area contributed by atoms with Crippen LogP contribution in [0.2, 0.25) is 0 Å². The highest BCUT2D eigenvalue weighted by Crippen LogP contribution is 2.16. The molecule has 1 saturated heterocycles. The van der Waals surface area contributed by atoms with Crippen molar-refractivity contribution in [3.8, 4) is 11.4 Å². The molecule has 0 bridgehead atoms. The van der Waals surface area contributed by atoms with Gasteiger partial charge >= 0.3 is 0 Å². The highest BCUT2D eigenvalue weighted by Gasteiger charge is 2.13. The van der Waals surface area contributed by atoms with Crippen LogP contribution in [0.3, 0.4) is 0 Å². The first-order valence-electron chi connectivity index (χ1n) is 11.1. The van der Waals surface area contributed by atoms with E-state index in [1.807, 2.05) is 24.3 Å². The Balaban J connectivity index is 1.28. The Bertz CT molecular complexity index is 1040. The highest BCUT2D eigenvalue weighted by atomic mass is 19.1. The average molecular weight is 438 g/mol. The van der Waals surface area contributed by atoms with Gasteiger partial charge in [-0.25, -0.2) is 4.39 Å². The topological polar surface area (TPSA) is 49.7 Å². The summed E-state index contributed by atoms with van der Waals surface area (Å²) >= 11 is 0. The van der Waals surface area contributed by atoms with E-state index in [2.05, 4.69) is 0 Å². The lowest BCUT2D eigenvalue weighted by Gasteiger charge is -2.22. The molecule has 0 spiro atoms. The van der Waals surface area contributed by atoms with E-state index >= 15 is 0 Å². The van der Waals surface area contributed by atoms with Gasteiger partial charge < -0.3 is 14.2 Å². The second-order valence-electron chi connectivity index (χ2n) is 7.92. The standard InChI is InChI=1S/C26H28FNO4/c27-22-10-6-21(7-11-22)19-32-24-14-15-28(25(29)18-24)23-12-8-20(9-13-23)4-3-17-31-26-5-1-2-16-30-26/h6-15,18,26H,1-5,16-17,19H2. The molecule has 0 amide bonds. The van der Waals surface area contributed by atoms with Crippen LogP contribution in [0.1, 0.15) is 36.8 Å². The number of halogens is 1. The van der Waals surface area contributed by atoms with Crippen molar-refractivity contribution in [3.05, 3.63) is 94.2 Å². The molecular weight excluding hydrogens is 409 g/mol. The summed E-state index contributed by atoms with van der Waals surface area (Å²) in [5.41, 5.74) is 2.67. The molecule has 5 nitrogen and oxygen atoms in total. The molecule has 3 aromatic rings. The molecule has 1 aliphatic heterocycles. The number of hydrogen-bond donors (Lipinski definition) is 0. The van der Waals surface area contributed by atoms with E-state index in [-0.39, 0.29) is 24.3 Å². The Kier molecular flexibility index (Phi) is 7.69. The van der Waals surface area contributed by atoms with Crippen molar-refractivity contribution >= 4 is 0 Å². The number of aryl methyl sites for hydroxylation is 1. The summed E-state index contributed by atoms with van der Waals surface area (Å²) < 4.78 is 31.6. The quantitative estimate of drug-likeness (QED) is 0.441. The predicted molar refractivity (Wildman–Crippen MR) is 121 cm³/mol. The number of ether oxygens (including phenoxy) is 3. The molecule has 0 saturated carbocycles. The largest absolute Gasteiger partial charge is 0.489 e. The number of pyridine rings is 1. The second kappa shape index (κ2) is 11.1. The fourth-order valence-electron chi connectivity index (χ4n) is 3.67. The van der Waals surface area contributed by atoms with Crippen molar-refractivity contribution in [2.24, 2.45) is 0 Å². The zero-order valence-corrected chi connectivity index (χ0v) is 18.0. The van der Waals surface area contributed by atoms with Crippen molar-refractivity contribution in [1.82, 2.24) is 4.57 Å². The van der Waals surface area contributed by atoms with Gasteiger partial charge in [-0.15, -0.1) is 0 Å². The normalized spacial score (nSPS) is 16.1. The Hall–Kier alpha value is -2.96. The van der Waals surface area contributed by atoms with Gasteiger partial charge in [0.15, 0.2) is 6.29 Å². The third kappa shape index (κ3) is 6.28. The molecule has 2 aromatic carbocycles. The molecule has 6 heteroatoms. The first-order chi connectivity index (χ1) is 15.7. The van der Waals surface area contributed by atoms with Crippen LogP contribution in [0.15, 0.2) is 71.7 Å². The van der Waals surface area contributed by atoms with Crippen LogP contribution in [-0.4, -0.2) is 24.1 Å². The maximum atomic E-state index is 13.0. The van der Waals surface area contributed by atoms with E-state index in [4.69, 9.17) is 14.2 Å². The lowest BCUT2D eigenvalue weighted by Crippen LogP contribution is -2.22. The van der Waals surface area contributed by atoms with Crippen LogP contribution in [0.25, 0.3) is 5.69 Å². The molecule has 1 atom stereocenters. The van der Waals surface area contributed by atoms with Crippen molar-refractivity contribution < 1.29 is 18.6 Å². The van der Waals surface area contributed by atoms with Gasteiger partial charge in [0.2, 0.25) is 0 Å². The first-order valence-corrected chi connectivity index (χ1v) is 11.1. The molecule has 0 radical (unpaired) electrons. The smallest absolute Gasteiger partial charge is 0.258 e. The van der Waals surface area contributed by atoms with E-state index in [1.54, 1.807) is 29.0 Å². The van der Waals surface area contributed by atoms with Crippen molar-refractivity contribution in [2.45, 2.75) is 45.0 Å². The van der Waals surface area contributed by atoms with Gasteiger partial charge in [-0.2, -0.15) is 0 Å². The maximum Gasteiger partial charge on any atom is 0.258 e. The van der Waals surface area contributed by atoms with Gasteiger partial charge in [-0.1, -0.05) is 24.3 Å². The molecule has 2 heterocycles. The molecule has 1 aromatic heterocycles. The summed E-state index contributed by atoms with van der Waals surface area (Å²) in [5.74, 6) is 0.193. The first kappa shape index (κ1) is 22.2. The fourth-order valence-corrected chi connectivity index (χ4v) is 3.67. The number of hydrogen-bond acceptors (Lipinski definition) is 4. The molecular formula is C26H28FNO4. The Labute approximate surface area is 187 Å². The van der Waals surface area contributed by atoms with Gasteiger partial charge in [0, 0.05) is 24.6 Å². The summed E-state index contributed by atoms with van der Waals surface area (Å²) in [5, 5.41) is 0. The zero-order chi connectivity index (χ0) is 22.2. The Morgan fingerprint density at radius 2 is 1.78 bits per heavy atom.